The van der Waals surface area contributed by atoms with Crippen molar-refractivity contribution in [2.24, 2.45) is 5.14 Å². The Morgan fingerprint density at radius 1 is 1.15 bits per heavy atom. The number of allylic oxidation sites excluding steroid dienone is 1. The summed E-state index contributed by atoms with van der Waals surface area (Å²) in [5, 5.41) is 7.75. The van der Waals surface area contributed by atoms with E-state index < -0.39 is 10.0 Å². The van der Waals surface area contributed by atoms with Crippen molar-refractivity contribution in [3.63, 3.8) is 0 Å². The van der Waals surface area contributed by atoms with E-state index in [1.54, 1.807) is 18.2 Å². The molecule has 0 saturated heterocycles. The average molecular weight is 390 g/mol. The summed E-state index contributed by atoms with van der Waals surface area (Å²) in [5.74, 6) is 0.695. The summed E-state index contributed by atoms with van der Waals surface area (Å²) in [6.45, 7) is 1.99. The highest BCUT2D eigenvalue weighted by Gasteiger charge is 2.09. The maximum absolute atomic E-state index is 12.0. The molecule has 0 aliphatic rings. The number of benzene rings is 2. The standard InChI is InChI=1S/C19H22N2O5S/c1-3-4-14-7-10-17(18(11-14)25-2)26-13-19(22)21-12-15-5-8-16(9-6-15)27(20,23)24/h3-11H,12-13H2,1-2H3,(H,21,22)(H2,20,23,24). The van der Waals surface area contributed by atoms with Crippen molar-refractivity contribution in [2.75, 3.05) is 13.7 Å². The van der Waals surface area contributed by atoms with E-state index in [0.29, 0.717) is 11.5 Å². The second kappa shape index (κ2) is 9.20. The summed E-state index contributed by atoms with van der Waals surface area (Å²) in [5.41, 5.74) is 1.71. The van der Waals surface area contributed by atoms with E-state index >= 15 is 0 Å². The Labute approximate surface area is 158 Å². The Balaban J connectivity index is 1.89. The maximum Gasteiger partial charge on any atom is 0.258 e. The number of nitrogens with two attached hydrogens (primary N) is 1. The van der Waals surface area contributed by atoms with Gasteiger partial charge in [-0.25, -0.2) is 13.6 Å². The van der Waals surface area contributed by atoms with E-state index in [0.717, 1.165) is 11.1 Å². The van der Waals surface area contributed by atoms with Gasteiger partial charge in [0.15, 0.2) is 18.1 Å². The molecule has 2 aromatic carbocycles. The van der Waals surface area contributed by atoms with Crippen LogP contribution in [0.25, 0.3) is 6.08 Å². The Morgan fingerprint density at radius 2 is 1.85 bits per heavy atom. The minimum absolute atomic E-state index is 0.0226. The third kappa shape index (κ3) is 6.12. The van der Waals surface area contributed by atoms with Crippen LogP contribution < -0.4 is 19.9 Å². The molecular formula is C19H22N2O5S. The number of ether oxygens (including phenoxy) is 2. The van der Waals surface area contributed by atoms with Crippen LogP contribution in [-0.4, -0.2) is 28.0 Å². The van der Waals surface area contributed by atoms with E-state index in [2.05, 4.69) is 5.32 Å². The summed E-state index contributed by atoms with van der Waals surface area (Å²) in [4.78, 5) is 12.0. The highest BCUT2D eigenvalue weighted by Crippen LogP contribution is 2.28. The van der Waals surface area contributed by atoms with Crippen molar-refractivity contribution in [1.82, 2.24) is 5.32 Å². The monoisotopic (exact) mass is 390 g/mol. The van der Waals surface area contributed by atoms with Crippen LogP contribution in [0.15, 0.2) is 53.4 Å². The van der Waals surface area contributed by atoms with Crippen molar-refractivity contribution in [1.29, 1.82) is 0 Å². The first-order valence-corrected chi connectivity index (χ1v) is 9.70. The molecule has 2 rings (SSSR count). The third-order valence-corrected chi connectivity index (χ3v) is 4.58. The van der Waals surface area contributed by atoms with Gasteiger partial charge in [0.25, 0.3) is 5.91 Å². The van der Waals surface area contributed by atoms with E-state index in [9.17, 15) is 13.2 Å². The normalized spacial score (nSPS) is 11.4. The number of primary sulfonamides is 1. The molecule has 0 spiro atoms. The van der Waals surface area contributed by atoms with Crippen molar-refractivity contribution in [2.45, 2.75) is 18.4 Å². The first-order chi connectivity index (χ1) is 12.8. The quantitative estimate of drug-likeness (QED) is 0.717. The van der Waals surface area contributed by atoms with Gasteiger partial charge in [-0.05, 0) is 42.3 Å². The largest absolute Gasteiger partial charge is 0.493 e. The zero-order chi connectivity index (χ0) is 19.9. The summed E-state index contributed by atoms with van der Waals surface area (Å²) in [6, 6.07) is 11.4. The molecule has 7 nitrogen and oxygen atoms in total. The molecule has 0 aromatic heterocycles. The topological polar surface area (TPSA) is 108 Å². The molecule has 0 aliphatic carbocycles. The summed E-state index contributed by atoms with van der Waals surface area (Å²) in [6.07, 6.45) is 3.85. The fourth-order valence-electron chi connectivity index (χ4n) is 2.29. The molecule has 1 amide bonds. The average Bonchev–Trinajstić information content (AvgIpc) is 2.65. The van der Waals surface area contributed by atoms with Gasteiger partial charge in [0.2, 0.25) is 10.0 Å². The first kappa shape index (κ1) is 20.5. The lowest BCUT2D eigenvalue weighted by molar-refractivity contribution is -0.123. The lowest BCUT2D eigenvalue weighted by atomic mass is 10.2. The van der Waals surface area contributed by atoms with Crippen molar-refractivity contribution in [3.8, 4) is 11.5 Å². The number of carbonyl (C=O) groups excluding carboxylic acids is 1. The number of amides is 1. The maximum atomic E-state index is 12.0. The molecule has 0 atom stereocenters. The third-order valence-electron chi connectivity index (χ3n) is 3.65. The van der Waals surface area contributed by atoms with Gasteiger partial charge >= 0.3 is 0 Å². The van der Waals surface area contributed by atoms with Gasteiger partial charge in [-0.1, -0.05) is 30.4 Å². The molecule has 0 radical (unpaired) electrons. The molecule has 0 aliphatic heterocycles. The highest BCUT2D eigenvalue weighted by atomic mass is 32.2. The van der Waals surface area contributed by atoms with Gasteiger partial charge in [0.1, 0.15) is 0 Å². The molecule has 0 heterocycles. The van der Waals surface area contributed by atoms with Crippen LogP contribution >= 0.6 is 0 Å². The molecule has 0 fully saturated rings. The molecule has 2 aromatic rings. The molecular weight excluding hydrogens is 368 g/mol. The van der Waals surface area contributed by atoms with Crippen LogP contribution in [0, 0.1) is 0 Å². The van der Waals surface area contributed by atoms with Gasteiger partial charge < -0.3 is 14.8 Å². The van der Waals surface area contributed by atoms with E-state index in [-0.39, 0.29) is 24.0 Å². The van der Waals surface area contributed by atoms with E-state index in [4.69, 9.17) is 14.6 Å². The number of sulfonamides is 1. The van der Waals surface area contributed by atoms with Crippen LogP contribution in [0.3, 0.4) is 0 Å². The Hall–Kier alpha value is -2.84. The van der Waals surface area contributed by atoms with Gasteiger partial charge in [-0.15, -0.1) is 0 Å². The number of hydrogen-bond donors (Lipinski definition) is 2. The summed E-state index contributed by atoms with van der Waals surface area (Å²) in [7, 11) is -2.19. The minimum atomic E-state index is -3.73. The number of hydrogen-bond acceptors (Lipinski definition) is 5. The van der Waals surface area contributed by atoms with Crippen molar-refractivity contribution >= 4 is 22.0 Å². The predicted octanol–water partition coefficient (Wildman–Crippen LogP) is 2.07. The van der Waals surface area contributed by atoms with E-state index in [1.807, 2.05) is 31.2 Å². The highest BCUT2D eigenvalue weighted by molar-refractivity contribution is 7.89. The molecule has 0 bridgehead atoms. The van der Waals surface area contributed by atoms with Gasteiger partial charge in [-0.3, -0.25) is 4.79 Å². The molecule has 8 heteroatoms. The Kier molecular flexibility index (Phi) is 6.98. The first-order valence-electron chi connectivity index (χ1n) is 8.15. The van der Waals surface area contributed by atoms with Crippen LogP contribution in [0.4, 0.5) is 0 Å². The van der Waals surface area contributed by atoms with Crippen molar-refractivity contribution < 1.29 is 22.7 Å². The molecule has 0 saturated carbocycles. The number of rotatable bonds is 8. The summed E-state index contributed by atoms with van der Waals surface area (Å²) < 4.78 is 33.2. The van der Waals surface area contributed by atoms with Crippen LogP contribution in [-0.2, 0) is 21.4 Å². The number of carbonyl (C=O) groups is 1. The predicted molar refractivity (Wildman–Crippen MR) is 103 cm³/mol. The Bertz CT molecular complexity index is 922. The van der Waals surface area contributed by atoms with Crippen LogP contribution in [0.2, 0.25) is 0 Å². The minimum Gasteiger partial charge on any atom is -0.493 e. The van der Waals surface area contributed by atoms with Gasteiger partial charge in [0.05, 0.1) is 12.0 Å². The second-order valence-corrected chi connectivity index (χ2v) is 7.23. The van der Waals surface area contributed by atoms with Crippen molar-refractivity contribution in [3.05, 3.63) is 59.7 Å². The lowest BCUT2D eigenvalue weighted by Gasteiger charge is -2.11. The number of nitrogens with one attached hydrogen (secondary N) is 1. The zero-order valence-corrected chi connectivity index (χ0v) is 16.0. The van der Waals surface area contributed by atoms with E-state index in [1.165, 1.54) is 19.2 Å². The smallest absolute Gasteiger partial charge is 0.258 e. The van der Waals surface area contributed by atoms with Crippen LogP contribution in [0.5, 0.6) is 11.5 Å². The molecule has 0 unspecified atom stereocenters. The SMILES string of the molecule is CC=Cc1ccc(OCC(=O)NCc2ccc(S(N)(=O)=O)cc2)c(OC)c1. The van der Waals surface area contributed by atoms with Gasteiger partial charge in [-0.2, -0.15) is 0 Å². The van der Waals surface area contributed by atoms with Crippen LogP contribution in [0.1, 0.15) is 18.1 Å². The fraction of sp³-hybridized carbons (Fsp3) is 0.211. The molecule has 3 N–H and O–H groups in total. The second-order valence-electron chi connectivity index (χ2n) is 5.66. The van der Waals surface area contributed by atoms with Gasteiger partial charge in [0, 0.05) is 6.54 Å². The molecule has 27 heavy (non-hydrogen) atoms. The lowest BCUT2D eigenvalue weighted by Crippen LogP contribution is -2.28. The molecule has 144 valence electrons. The zero-order valence-electron chi connectivity index (χ0n) is 15.1. The number of methoxy groups -OCH3 is 1. The Morgan fingerprint density at radius 3 is 2.44 bits per heavy atom. The summed E-state index contributed by atoms with van der Waals surface area (Å²) >= 11 is 0. The fourth-order valence-corrected chi connectivity index (χ4v) is 2.81.